The molecule has 1 aliphatic heterocycles. The second-order valence-electron chi connectivity index (χ2n) is 10.6. The number of hydrogen-bond donors (Lipinski definition) is 1. The number of ether oxygens (including phenoxy) is 2. The fourth-order valence-electron chi connectivity index (χ4n) is 5.94. The van der Waals surface area contributed by atoms with Crippen LogP contribution in [0.2, 0.25) is 5.02 Å². The summed E-state index contributed by atoms with van der Waals surface area (Å²) >= 11 is 6.56. The van der Waals surface area contributed by atoms with Crippen LogP contribution in [0.5, 0.6) is 11.5 Å². The Morgan fingerprint density at radius 1 is 1.08 bits per heavy atom. The third-order valence-electron chi connectivity index (χ3n) is 8.11. The molecule has 206 valence electrons. The van der Waals surface area contributed by atoms with Crippen molar-refractivity contribution in [2.75, 3.05) is 43.4 Å². The molecule has 38 heavy (non-hydrogen) atoms. The first-order chi connectivity index (χ1) is 18.3. The van der Waals surface area contributed by atoms with Gasteiger partial charge in [0.15, 0.2) is 11.6 Å². The molecule has 0 unspecified atom stereocenters. The maximum absolute atomic E-state index is 15.6. The lowest BCUT2D eigenvalue weighted by Crippen LogP contribution is -2.52. The van der Waals surface area contributed by atoms with E-state index in [1.807, 2.05) is 0 Å². The quantitative estimate of drug-likeness (QED) is 0.493. The number of amides is 2. The van der Waals surface area contributed by atoms with E-state index in [-0.39, 0.29) is 46.9 Å². The molecule has 3 aliphatic rings. The van der Waals surface area contributed by atoms with Crippen LogP contribution >= 0.6 is 11.6 Å². The predicted octanol–water partition coefficient (Wildman–Crippen LogP) is 5.46. The van der Waals surface area contributed by atoms with Crippen molar-refractivity contribution < 1.29 is 18.7 Å². The second-order valence-corrected chi connectivity index (χ2v) is 11.0. The molecule has 0 bridgehead atoms. The van der Waals surface area contributed by atoms with E-state index >= 15 is 4.39 Å². The van der Waals surface area contributed by atoms with Crippen LogP contribution in [0.3, 0.4) is 0 Å². The number of hydrogen-bond acceptors (Lipinski definition) is 7. The average molecular weight is 547 g/mol. The highest BCUT2D eigenvalue weighted by Crippen LogP contribution is 2.45. The molecule has 5 rings (SSSR count). The zero-order valence-electron chi connectivity index (χ0n) is 22.5. The van der Waals surface area contributed by atoms with Gasteiger partial charge >= 0.3 is 6.03 Å². The summed E-state index contributed by atoms with van der Waals surface area (Å²) in [5.41, 5.74) is 0.664. The molecule has 1 aromatic heterocycles. The summed E-state index contributed by atoms with van der Waals surface area (Å²) in [5, 5.41) is 3.52. The zero-order valence-corrected chi connectivity index (χ0v) is 23.2. The first-order valence-electron chi connectivity index (χ1n) is 13.3. The lowest BCUT2D eigenvalue weighted by atomic mass is 9.91. The van der Waals surface area contributed by atoms with Crippen LogP contribution in [0.4, 0.5) is 26.6 Å². The van der Waals surface area contributed by atoms with Crippen LogP contribution in [0.25, 0.3) is 0 Å². The number of nitrogens with one attached hydrogen (secondary N) is 1. The highest BCUT2D eigenvalue weighted by molar-refractivity contribution is 6.35. The zero-order chi connectivity index (χ0) is 27.0. The number of anilines is 3. The van der Waals surface area contributed by atoms with Crippen molar-refractivity contribution >= 4 is 35.1 Å². The molecule has 2 fully saturated rings. The summed E-state index contributed by atoms with van der Waals surface area (Å²) in [7, 11) is 7.06. The molecular formula is C27H36ClFN6O3. The summed E-state index contributed by atoms with van der Waals surface area (Å²) in [6.45, 7) is 0.0819. The summed E-state index contributed by atoms with van der Waals surface area (Å²) in [5.74, 6) is 0.573. The highest BCUT2D eigenvalue weighted by Gasteiger charge is 2.41. The van der Waals surface area contributed by atoms with Gasteiger partial charge in [0, 0.05) is 36.0 Å². The molecule has 0 atom stereocenters. The van der Waals surface area contributed by atoms with Crippen molar-refractivity contribution in [3.63, 3.8) is 0 Å². The number of halogens is 2. The summed E-state index contributed by atoms with van der Waals surface area (Å²) in [6.07, 6.45) is 9.82. The van der Waals surface area contributed by atoms with E-state index in [0.717, 1.165) is 56.9 Å². The van der Waals surface area contributed by atoms with E-state index in [4.69, 9.17) is 26.1 Å². The smallest absolute Gasteiger partial charge is 0.330 e. The number of nitrogens with zero attached hydrogens (tertiary/aromatic N) is 5. The normalized spacial score (nSPS) is 22.1. The van der Waals surface area contributed by atoms with Gasteiger partial charge in [-0.2, -0.15) is 4.98 Å². The van der Waals surface area contributed by atoms with Crippen molar-refractivity contribution in [2.45, 2.75) is 76.0 Å². The van der Waals surface area contributed by atoms with Crippen LogP contribution in [0.1, 0.15) is 56.9 Å². The Hall–Kier alpha value is -2.85. The second kappa shape index (κ2) is 11.1. The van der Waals surface area contributed by atoms with Gasteiger partial charge in [-0.1, -0.05) is 24.4 Å². The molecule has 0 radical (unpaired) electrons. The van der Waals surface area contributed by atoms with Crippen LogP contribution in [-0.4, -0.2) is 67.3 Å². The number of benzene rings is 1. The maximum atomic E-state index is 15.6. The third kappa shape index (κ3) is 4.96. The molecule has 2 aromatic rings. The van der Waals surface area contributed by atoms with Crippen molar-refractivity contribution in [3.05, 3.63) is 28.7 Å². The van der Waals surface area contributed by atoms with Crippen LogP contribution in [-0.2, 0) is 6.54 Å². The van der Waals surface area contributed by atoms with Gasteiger partial charge < -0.3 is 19.7 Å². The number of methoxy groups -OCH3 is 2. The number of carbonyl (C=O) groups is 1. The van der Waals surface area contributed by atoms with Crippen molar-refractivity contribution in [1.82, 2.24) is 14.9 Å². The minimum atomic E-state index is -0.714. The molecule has 2 aliphatic carbocycles. The third-order valence-corrected chi connectivity index (χ3v) is 8.47. The monoisotopic (exact) mass is 546 g/mol. The maximum Gasteiger partial charge on any atom is 0.330 e. The molecule has 2 saturated carbocycles. The van der Waals surface area contributed by atoms with Crippen molar-refractivity contribution in [3.8, 4) is 11.5 Å². The van der Waals surface area contributed by atoms with Gasteiger partial charge in [0.05, 0.1) is 20.8 Å². The largest absolute Gasteiger partial charge is 0.495 e. The van der Waals surface area contributed by atoms with Crippen LogP contribution < -0.4 is 24.6 Å². The molecule has 2 heterocycles. The van der Waals surface area contributed by atoms with E-state index in [2.05, 4.69) is 29.3 Å². The fraction of sp³-hybridized carbons (Fsp3) is 0.593. The average Bonchev–Trinajstić information content (AvgIpc) is 3.44. The Balaban J connectivity index is 1.48. The van der Waals surface area contributed by atoms with Crippen LogP contribution in [0.15, 0.2) is 12.3 Å². The minimum Gasteiger partial charge on any atom is -0.495 e. The summed E-state index contributed by atoms with van der Waals surface area (Å²) in [4.78, 5) is 28.8. The topological polar surface area (TPSA) is 83.1 Å². The standard InChI is InChI=1S/C27H36ClFN6O3/c1-33(2)18-11-9-17(10-12-18)31-26-30-14-16-15-34(24-22(28)20(37-3)13-21(38-4)23(24)29)27(36)35(25(16)32-26)19-7-5-6-8-19/h13-14,17-19H,5-12,15H2,1-4H3,(H,30,31,32). The Labute approximate surface area is 228 Å². The van der Waals surface area contributed by atoms with Gasteiger partial charge in [-0.05, 0) is 52.6 Å². The number of aromatic nitrogens is 2. The molecule has 2 amide bonds. The number of carbonyl (C=O) groups excluding carboxylic acids is 1. The van der Waals surface area contributed by atoms with E-state index in [0.29, 0.717) is 17.8 Å². The van der Waals surface area contributed by atoms with E-state index in [9.17, 15) is 4.79 Å². The molecule has 0 saturated heterocycles. The number of rotatable bonds is 7. The molecule has 1 N–H and O–H groups in total. The van der Waals surface area contributed by atoms with Gasteiger partial charge in [0.2, 0.25) is 5.95 Å². The summed E-state index contributed by atoms with van der Waals surface area (Å²) in [6, 6.07) is 1.87. The van der Waals surface area contributed by atoms with E-state index in [1.54, 1.807) is 11.1 Å². The molecule has 9 nitrogen and oxygen atoms in total. The first kappa shape index (κ1) is 26.7. The minimum absolute atomic E-state index is 0.0153. The summed E-state index contributed by atoms with van der Waals surface area (Å²) < 4.78 is 26.1. The SMILES string of the molecule is COc1cc(OC)c(Cl)c(N2Cc3cnc(NC4CCC(N(C)C)CC4)nc3N(C3CCCC3)C2=O)c1F. The van der Waals surface area contributed by atoms with E-state index in [1.165, 1.54) is 25.2 Å². The predicted molar refractivity (Wildman–Crippen MR) is 146 cm³/mol. The highest BCUT2D eigenvalue weighted by atomic mass is 35.5. The van der Waals surface area contributed by atoms with Gasteiger partial charge in [-0.3, -0.25) is 9.80 Å². The van der Waals surface area contributed by atoms with Gasteiger partial charge in [-0.15, -0.1) is 0 Å². The first-order valence-corrected chi connectivity index (χ1v) is 13.7. The number of fused-ring (bicyclic) bond motifs is 1. The molecule has 0 spiro atoms. The van der Waals surface area contributed by atoms with E-state index < -0.39 is 5.82 Å². The molecular weight excluding hydrogens is 511 g/mol. The van der Waals surface area contributed by atoms with Gasteiger partial charge in [-0.25, -0.2) is 14.2 Å². The lowest BCUT2D eigenvalue weighted by Gasteiger charge is -2.40. The Morgan fingerprint density at radius 3 is 2.39 bits per heavy atom. The van der Waals surface area contributed by atoms with Crippen LogP contribution in [0, 0.1) is 5.82 Å². The molecule has 1 aromatic carbocycles. The number of urea groups is 1. The molecule has 11 heteroatoms. The lowest BCUT2D eigenvalue weighted by molar-refractivity contribution is 0.221. The Kier molecular flexibility index (Phi) is 7.81. The Bertz CT molecular complexity index is 1160. The Morgan fingerprint density at radius 2 is 1.76 bits per heavy atom. The van der Waals surface area contributed by atoms with Gasteiger partial charge in [0.25, 0.3) is 0 Å². The fourth-order valence-corrected chi connectivity index (χ4v) is 6.26. The van der Waals surface area contributed by atoms with Gasteiger partial charge in [0.1, 0.15) is 22.3 Å². The van der Waals surface area contributed by atoms with Crippen molar-refractivity contribution in [2.24, 2.45) is 0 Å². The van der Waals surface area contributed by atoms with Crippen molar-refractivity contribution in [1.29, 1.82) is 0 Å².